The number of benzene rings is 2. The van der Waals surface area contributed by atoms with E-state index in [-0.39, 0.29) is 5.82 Å². The van der Waals surface area contributed by atoms with Crippen molar-refractivity contribution in [1.82, 2.24) is 0 Å². The van der Waals surface area contributed by atoms with E-state index in [0.717, 1.165) is 11.1 Å². The number of halogens is 2. The van der Waals surface area contributed by atoms with Crippen LogP contribution in [0.4, 0.5) is 4.39 Å². The third-order valence-electron chi connectivity index (χ3n) is 2.67. The van der Waals surface area contributed by atoms with E-state index >= 15 is 0 Å². The molecule has 0 aliphatic heterocycles. The highest BCUT2D eigenvalue weighted by atomic mass is 35.5. The van der Waals surface area contributed by atoms with Gasteiger partial charge < -0.3 is 0 Å². The Labute approximate surface area is 99.7 Å². The van der Waals surface area contributed by atoms with Gasteiger partial charge in [-0.3, -0.25) is 0 Å². The van der Waals surface area contributed by atoms with E-state index < -0.39 is 0 Å². The lowest BCUT2D eigenvalue weighted by atomic mass is 10.0. The number of hydrogen-bond acceptors (Lipinski definition) is 0. The first kappa shape index (κ1) is 11.2. The molecule has 0 fully saturated rings. The molecule has 2 aromatic carbocycles. The lowest BCUT2D eigenvalue weighted by Crippen LogP contribution is -1.90. The molecule has 0 atom stereocenters. The maximum Gasteiger partial charge on any atom is 0.133 e. The number of aryl methyl sites for hydroxylation is 2. The molecule has 0 spiro atoms. The molecule has 2 aromatic rings. The topological polar surface area (TPSA) is 0 Å². The first-order valence-corrected chi connectivity index (χ1v) is 5.49. The second-order valence-electron chi connectivity index (χ2n) is 3.87. The summed E-state index contributed by atoms with van der Waals surface area (Å²) in [5.74, 6) is -0.199. The van der Waals surface area contributed by atoms with Crippen LogP contribution < -0.4 is 0 Å². The molecule has 0 bridgehead atoms. The zero-order valence-electron chi connectivity index (χ0n) is 9.22. The Morgan fingerprint density at radius 1 is 0.875 bits per heavy atom. The van der Waals surface area contributed by atoms with E-state index in [0.29, 0.717) is 16.1 Å². The van der Waals surface area contributed by atoms with Crippen LogP contribution in [0, 0.1) is 19.7 Å². The molecule has 2 heteroatoms. The van der Waals surface area contributed by atoms with Crippen LogP contribution in [-0.2, 0) is 0 Å². The van der Waals surface area contributed by atoms with Gasteiger partial charge in [0.05, 0.1) is 5.02 Å². The lowest BCUT2D eigenvalue weighted by molar-refractivity contribution is 0.622. The van der Waals surface area contributed by atoms with Gasteiger partial charge >= 0.3 is 0 Å². The molecule has 0 amide bonds. The maximum atomic E-state index is 13.9. The van der Waals surface area contributed by atoms with Gasteiger partial charge in [-0.05, 0) is 25.0 Å². The fraction of sp³-hybridized carbons (Fsp3) is 0.143. The van der Waals surface area contributed by atoms with Crippen molar-refractivity contribution < 1.29 is 4.39 Å². The standard InChI is InChI=1S/C14H12ClF/c1-9-5-3-7-11(13(9)15)12-8-4-6-10(2)14(12)16/h3-8H,1-2H3. The first-order valence-electron chi connectivity index (χ1n) is 5.12. The van der Waals surface area contributed by atoms with Crippen LogP contribution in [0.1, 0.15) is 11.1 Å². The molecule has 0 aliphatic rings. The average molecular weight is 235 g/mol. The summed E-state index contributed by atoms with van der Waals surface area (Å²) in [7, 11) is 0. The van der Waals surface area contributed by atoms with Gasteiger partial charge in [0.1, 0.15) is 5.82 Å². The van der Waals surface area contributed by atoms with E-state index in [1.165, 1.54) is 0 Å². The molecule has 0 radical (unpaired) electrons. The van der Waals surface area contributed by atoms with Crippen molar-refractivity contribution in [3.63, 3.8) is 0 Å². The number of hydrogen-bond donors (Lipinski definition) is 0. The van der Waals surface area contributed by atoms with Crippen molar-refractivity contribution in [2.45, 2.75) is 13.8 Å². The largest absolute Gasteiger partial charge is 0.206 e. The summed E-state index contributed by atoms with van der Waals surface area (Å²) in [6.07, 6.45) is 0. The molecule has 2 rings (SSSR count). The van der Waals surface area contributed by atoms with Gasteiger partial charge in [0, 0.05) is 11.1 Å². The van der Waals surface area contributed by atoms with Crippen LogP contribution in [0.2, 0.25) is 5.02 Å². The third-order valence-corrected chi connectivity index (χ3v) is 3.18. The lowest BCUT2D eigenvalue weighted by Gasteiger charge is -2.09. The van der Waals surface area contributed by atoms with Crippen LogP contribution in [0.25, 0.3) is 11.1 Å². The van der Waals surface area contributed by atoms with Crippen molar-refractivity contribution in [3.05, 3.63) is 58.4 Å². The molecule has 0 aliphatic carbocycles. The summed E-state index contributed by atoms with van der Waals surface area (Å²) >= 11 is 6.19. The van der Waals surface area contributed by atoms with Crippen LogP contribution >= 0.6 is 11.6 Å². The monoisotopic (exact) mass is 234 g/mol. The van der Waals surface area contributed by atoms with Crippen LogP contribution in [0.15, 0.2) is 36.4 Å². The minimum atomic E-state index is -0.199. The van der Waals surface area contributed by atoms with Crippen LogP contribution in [-0.4, -0.2) is 0 Å². The van der Waals surface area contributed by atoms with E-state index in [2.05, 4.69) is 0 Å². The van der Waals surface area contributed by atoms with Crippen LogP contribution in [0.3, 0.4) is 0 Å². The highest BCUT2D eigenvalue weighted by molar-refractivity contribution is 6.34. The smallest absolute Gasteiger partial charge is 0.133 e. The van der Waals surface area contributed by atoms with E-state index in [1.54, 1.807) is 19.1 Å². The van der Waals surface area contributed by atoms with E-state index in [1.807, 2.05) is 31.2 Å². The van der Waals surface area contributed by atoms with Crippen molar-refractivity contribution in [2.24, 2.45) is 0 Å². The first-order chi connectivity index (χ1) is 7.61. The normalized spacial score (nSPS) is 10.5. The fourth-order valence-corrected chi connectivity index (χ4v) is 1.94. The SMILES string of the molecule is Cc1cccc(-c2cccc(C)c2Cl)c1F. The van der Waals surface area contributed by atoms with Crippen molar-refractivity contribution in [3.8, 4) is 11.1 Å². The zero-order chi connectivity index (χ0) is 11.7. The predicted octanol–water partition coefficient (Wildman–Crippen LogP) is 4.76. The quantitative estimate of drug-likeness (QED) is 0.667. The summed E-state index contributed by atoms with van der Waals surface area (Å²) in [6.45, 7) is 3.67. The van der Waals surface area contributed by atoms with Crippen molar-refractivity contribution in [1.29, 1.82) is 0 Å². The molecule has 0 nitrogen and oxygen atoms in total. The maximum absolute atomic E-state index is 13.9. The molecule has 82 valence electrons. The summed E-state index contributed by atoms with van der Waals surface area (Å²) in [6, 6.07) is 11.0. The van der Waals surface area contributed by atoms with Gasteiger partial charge in [-0.15, -0.1) is 0 Å². The third kappa shape index (κ3) is 1.83. The predicted molar refractivity (Wildman–Crippen MR) is 66.3 cm³/mol. The Hall–Kier alpha value is -1.34. The summed E-state index contributed by atoms with van der Waals surface area (Å²) in [5, 5.41) is 0.618. The van der Waals surface area contributed by atoms with Crippen LogP contribution in [0.5, 0.6) is 0 Å². The molecule has 0 saturated carbocycles. The van der Waals surface area contributed by atoms with Gasteiger partial charge in [-0.2, -0.15) is 0 Å². The summed E-state index contributed by atoms with van der Waals surface area (Å²) < 4.78 is 13.9. The fourth-order valence-electron chi connectivity index (χ4n) is 1.71. The minimum absolute atomic E-state index is 0.199. The van der Waals surface area contributed by atoms with Gasteiger partial charge in [0.25, 0.3) is 0 Å². The van der Waals surface area contributed by atoms with Crippen molar-refractivity contribution in [2.75, 3.05) is 0 Å². The van der Waals surface area contributed by atoms with E-state index in [9.17, 15) is 4.39 Å². The van der Waals surface area contributed by atoms with Gasteiger partial charge in [-0.25, -0.2) is 4.39 Å². The molecular weight excluding hydrogens is 223 g/mol. The Morgan fingerprint density at radius 3 is 2.12 bits per heavy atom. The van der Waals surface area contributed by atoms with Crippen molar-refractivity contribution >= 4 is 11.6 Å². The average Bonchev–Trinajstić information content (AvgIpc) is 2.27. The molecule has 0 aromatic heterocycles. The molecule has 16 heavy (non-hydrogen) atoms. The molecule has 0 unspecified atom stereocenters. The minimum Gasteiger partial charge on any atom is -0.206 e. The number of rotatable bonds is 1. The second-order valence-corrected chi connectivity index (χ2v) is 4.25. The Kier molecular flexibility index (Phi) is 2.97. The Bertz CT molecular complexity index is 483. The van der Waals surface area contributed by atoms with Gasteiger partial charge in [-0.1, -0.05) is 48.0 Å². The molecular formula is C14H12ClF. The highest BCUT2D eigenvalue weighted by Crippen LogP contribution is 2.32. The molecule has 0 heterocycles. The highest BCUT2D eigenvalue weighted by Gasteiger charge is 2.11. The zero-order valence-corrected chi connectivity index (χ0v) is 9.98. The summed E-state index contributed by atoms with van der Waals surface area (Å²) in [5.41, 5.74) is 2.91. The van der Waals surface area contributed by atoms with Gasteiger partial charge in [0.15, 0.2) is 0 Å². The second kappa shape index (κ2) is 4.26. The molecule has 0 N–H and O–H groups in total. The Balaban J connectivity index is 2.68. The summed E-state index contributed by atoms with van der Waals surface area (Å²) in [4.78, 5) is 0. The molecule has 0 saturated heterocycles. The Morgan fingerprint density at radius 2 is 1.44 bits per heavy atom. The van der Waals surface area contributed by atoms with E-state index in [4.69, 9.17) is 11.6 Å². The van der Waals surface area contributed by atoms with Gasteiger partial charge in [0.2, 0.25) is 0 Å².